The first-order chi connectivity index (χ1) is 14.4. The third kappa shape index (κ3) is 2.72. The summed E-state index contributed by atoms with van der Waals surface area (Å²) >= 11 is 0. The van der Waals surface area contributed by atoms with Crippen LogP contribution in [-0.2, 0) is 14.9 Å². The van der Waals surface area contributed by atoms with Crippen molar-refractivity contribution in [3.05, 3.63) is 42.0 Å². The number of hydrogen-bond donors (Lipinski definition) is 1. The van der Waals surface area contributed by atoms with E-state index in [0.717, 1.165) is 35.6 Å². The van der Waals surface area contributed by atoms with Gasteiger partial charge in [-0.05, 0) is 60.3 Å². The predicted molar refractivity (Wildman–Crippen MR) is 116 cm³/mol. The molecular formula is C26H32O4. The number of carbonyl (C=O) groups excluding carboxylic acids is 1. The maximum atomic E-state index is 13.9. The van der Waals surface area contributed by atoms with Crippen molar-refractivity contribution in [2.24, 2.45) is 17.8 Å². The van der Waals surface area contributed by atoms with E-state index in [2.05, 4.69) is 20.8 Å². The third-order valence-electron chi connectivity index (χ3n) is 7.90. The Morgan fingerprint density at radius 1 is 1.17 bits per heavy atom. The molecule has 2 saturated carbocycles. The van der Waals surface area contributed by atoms with Gasteiger partial charge >= 0.3 is 5.97 Å². The number of aliphatic hydroxyl groups is 1. The molecule has 0 unspecified atom stereocenters. The van der Waals surface area contributed by atoms with Crippen LogP contribution >= 0.6 is 0 Å². The molecule has 3 aliphatic rings. The number of esters is 1. The summed E-state index contributed by atoms with van der Waals surface area (Å²) in [6.45, 7) is 6.67. The molecule has 2 fully saturated rings. The summed E-state index contributed by atoms with van der Waals surface area (Å²) < 4.78 is 12.4. The van der Waals surface area contributed by atoms with Crippen LogP contribution in [-0.4, -0.2) is 23.0 Å². The summed E-state index contributed by atoms with van der Waals surface area (Å²) in [5.74, 6) is 0.163. The molecule has 0 saturated heterocycles. The van der Waals surface area contributed by atoms with Gasteiger partial charge in [0.25, 0.3) is 0 Å². The van der Waals surface area contributed by atoms with Gasteiger partial charge in [-0.3, -0.25) is 4.79 Å². The van der Waals surface area contributed by atoms with Crippen molar-refractivity contribution < 1.29 is 19.4 Å². The largest absolute Gasteiger partial charge is 0.461 e. The quantitative estimate of drug-likeness (QED) is 0.696. The van der Waals surface area contributed by atoms with E-state index in [4.69, 9.17) is 9.47 Å². The van der Waals surface area contributed by atoms with Crippen LogP contribution in [0, 0.1) is 17.8 Å². The molecule has 2 aromatic rings. The highest BCUT2D eigenvalue weighted by molar-refractivity contribution is 5.98. The lowest BCUT2D eigenvalue weighted by Crippen LogP contribution is -2.54. The number of carbonyl (C=O) groups is 1. The SMILES string of the molecule is CC(C)[C@H]1CC[C@H](C)C[C@@H]1OC(=O)[C@@]12CCC[C@]1(O)Oc1ccc3ccccc3c12. The number of ether oxygens (including phenoxy) is 2. The summed E-state index contributed by atoms with van der Waals surface area (Å²) in [7, 11) is 0. The minimum Gasteiger partial charge on any atom is -0.461 e. The Morgan fingerprint density at radius 2 is 1.97 bits per heavy atom. The summed E-state index contributed by atoms with van der Waals surface area (Å²) in [5.41, 5.74) is -0.332. The van der Waals surface area contributed by atoms with Gasteiger partial charge in [-0.25, -0.2) is 0 Å². The lowest BCUT2D eigenvalue weighted by Gasteiger charge is -2.40. The second-order valence-electron chi connectivity index (χ2n) is 10.1. The van der Waals surface area contributed by atoms with Crippen LogP contribution in [0.2, 0.25) is 0 Å². The molecule has 1 aliphatic heterocycles. The van der Waals surface area contributed by atoms with Gasteiger partial charge in [0.2, 0.25) is 5.79 Å². The van der Waals surface area contributed by atoms with Crippen LogP contribution < -0.4 is 4.74 Å². The fraction of sp³-hybridized carbons (Fsp3) is 0.577. The minimum absolute atomic E-state index is 0.0977. The van der Waals surface area contributed by atoms with Crippen molar-refractivity contribution >= 4 is 16.7 Å². The Morgan fingerprint density at radius 3 is 2.77 bits per heavy atom. The minimum atomic E-state index is -1.52. The summed E-state index contributed by atoms with van der Waals surface area (Å²) in [6, 6.07) is 11.9. The standard InChI is InChI=1S/C26H32O4/c1-16(2)19-11-9-17(3)15-22(19)29-24(27)25-13-6-14-26(25,28)30-21-12-10-18-7-4-5-8-20(18)23(21)25/h4-5,7-8,10,12,16-17,19,22,28H,6,9,11,13-15H2,1-3H3/t17-,19+,22-,25-,26-/m0/s1. The molecular weight excluding hydrogens is 376 g/mol. The molecule has 0 bridgehead atoms. The van der Waals surface area contributed by atoms with Crippen molar-refractivity contribution in [1.82, 2.24) is 0 Å². The van der Waals surface area contributed by atoms with Gasteiger partial charge in [-0.1, -0.05) is 57.5 Å². The Labute approximate surface area is 178 Å². The first-order valence-corrected chi connectivity index (χ1v) is 11.5. The highest BCUT2D eigenvalue weighted by atomic mass is 16.6. The molecule has 1 heterocycles. The molecule has 4 heteroatoms. The van der Waals surface area contributed by atoms with Crippen LogP contribution in [0.15, 0.2) is 36.4 Å². The van der Waals surface area contributed by atoms with E-state index in [0.29, 0.717) is 36.3 Å². The molecule has 30 heavy (non-hydrogen) atoms. The fourth-order valence-corrected chi connectivity index (χ4v) is 6.27. The van der Waals surface area contributed by atoms with Gasteiger partial charge in [0.15, 0.2) is 5.41 Å². The van der Waals surface area contributed by atoms with Gasteiger partial charge in [0.1, 0.15) is 11.9 Å². The van der Waals surface area contributed by atoms with Gasteiger partial charge in [-0.2, -0.15) is 0 Å². The maximum Gasteiger partial charge on any atom is 0.323 e. The number of benzene rings is 2. The summed E-state index contributed by atoms with van der Waals surface area (Å²) in [6.07, 6.45) is 4.80. The van der Waals surface area contributed by atoms with E-state index in [9.17, 15) is 9.90 Å². The topological polar surface area (TPSA) is 55.8 Å². The molecule has 2 aromatic carbocycles. The molecule has 160 valence electrons. The Kier molecular flexibility index (Phi) is 4.62. The lowest BCUT2D eigenvalue weighted by atomic mass is 9.73. The zero-order chi connectivity index (χ0) is 21.1. The highest BCUT2D eigenvalue weighted by Gasteiger charge is 2.69. The van der Waals surface area contributed by atoms with Gasteiger partial charge < -0.3 is 14.6 Å². The smallest absolute Gasteiger partial charge is 0.323 e. The number of hydrogen-bond acceptors (Lipinski definition) is 4. The van der Waals surface area contributed by atoms with E-state index in [-0.39, 0.29) is 12.1 Å². The molecule has 0 spiro atoms. The first-order valence-electron chi connectivity index (χ1n) is 11.5. The van der Waals surface area contributed by atoms with E-state index in [1.54, 1.807) is 0 Å². The van der Waals surface area contributed by atoms with E-state index >= 15 is 0 Å². The van der Waals surface area contributed by atoms with Crippen LogP contribution in [0.5, 0.6) is 5.75 Å². The van der Waals surface area contributed by atoms with E-state index < -0.39 is 11.2 Å². The second kappa shape index (κ2) is 6.98. The fourth-order valence-electron chi connectivity index (χ4n) is 6.27. The maximum absolute atomic E-state index is 13.9. The molecule has 4 nitrogen and oxygen atoms in total. The van der Waals surface area contributed by atoms with Crippen LogP contribution in [0.3, 0.4) is 0 Å². The van der Waals surface area contributed by atoms with Crippen molar-refractivity contribution in [2.45, 2.75) is 76.6 Å². The van der Waals surface area contributed by atoms with E-state index in [1.807, 2.05) is 36.4 Å². The van der Waals surface area contributed by atoms with Gasteiger partial charge in [0.05, 0.1) is 0 Å². The van der Waals surface area contributed by atoms with Crippen LogP contribution in [0.1, 0.15) is 64.9 Å². The molecule has 5 atom stereocenters. The zero-order valence-corrected chi connectivity index (χ0v) is 18.2. The molecule has 5 rings (SSSR count). The summed E-state index contributed by atoms with van der Waals surface area (Å²) in [5, 5.41) is 13.6. The Balaban J connectivity index is 1.59. The highest BCUT2D eigenvalue weighted by Crippen LogP contribution is 2.59. The number of rotatable bonds is 3. The lowest BCUT2D eigenvalue weighted by molar-refractivity contribution is -0.195. The Bertz CT molecular complexity index is 982. The summed E-state index contributed by atoms with van der Waals surface area (Å²) in [4.78, 5) is 13.9. The molecule has 0 amide bonds. The molecule has 2 aliphatic carbocycles. The first kappa shape index (κ1) is 19.9. The Hall–Kier alpha value is -2.07. The van der Waals surface area contributed by atoms with Crippen LogP contribution in [0.4, 0.5) is 0 Å². The predicted octanol–water partition coefficient (Wildman–Crippen LogP) is 5.35. The van der Waals surface area contributed by atoms with Crippen molar-refractivity contribution in [2.75, 3.05) is 0 Å². The van der Waals surface area contributed by atoms with Crippen molar-refractivity contribution in [3.8, 4) is 5.75 Å². The van der Waals surface area contributed by atoms with E-state index in [1.165, 1.54) is 6.42 Å². The van der Waals surface area contributed by atoms with Crippen molar-refractivity contribution in [3.63, 3.8) is 0 Å². The normalized spacial score (nSPS) is 35.2. The monoisotopic (exact) mass is 408 g/mol. The molecule has 0 aromatic heterocycles. The zero-order valence-electron chi connectivity index (χ0n) is 18.2. The van der Waals surface area contributed by atoms with Gasteiger partial charge in [0, 0.05) is 12.0 Å². The van der Waals surface area contributed by atoms with Gasteiger partial charge in [-0.15, -0.1) is 0 Å². The molecule has 0 radical (unpaired) electrons. The average Bonchev–Trinajstić information content (AvgIpc) is 3.17. The second-order valence-corrected chi connectivity index (χ2v) is 10.1. The average molecular weight is 409 g/mol. The molecule has 1 N–H and O–H groups in total. The third-order valence-corrected chi connectivity index (χ3v) is 7.90. The number of fused-ring (bicyclic) bond motifs is 5. The van der Waals surface area contributed by atoms with Crippen molar-refractivity contribution in [1.29, 1.82) is 0 Å². The van der Waals surface area contributed by atoms with Crippen LogP contribution in [0.25, 0.3) is 10.8 Å².